The number of rotatable bonds is 2. The minimum Gasteiger partial charge on any atom is -0.476 e. The molecular formula is C17H15N3O2S. The van der Waals surface area contributed by atoms with E-state index in [9.17, 15) is 9.90 Å². The number of aromatic nitrogens is 3. The van der Waals surface area contributed by atoms with Gasteiger partial charge >= 0.3 is 5.97 Å². The second-order valence-corrected chi connectivity index (χ2v) is 7.80. The zero-order valence-corrected chi connectivity index (χ0v) is 13.4. The lowest BCUT2D eigenvalue weighted by atomic mass is 9.85. The third kappa shape index (κ3) is 1.64. The Labute approximate surface area is 136 Å². The fourth-order valence-electron chi connectivity index (χ4n) is 4.35. The monoisotopic (exact) mass is 325 g/mol. The molecule has 5 nitrogen and oxygen atoms in total. The van der Waals surface area contributed by atoms with Gasteiger partial charge in [-0.2, -0.15) is 5.10 Å². The van der Waals surface area contributed by atoms with Crippen molar-refractivity contribution in [3.05, 3.63) is 41.2 Å². The number of carbonyl (C=O) groups is 1. The van der Waals surface area contributed by atoms with Crippen LogP contribution in [0.5, 0.6) is 0 Å². The van der Waals surface area contributed by atoms with Gasteiger partial charge in [0.15, 0.2) is 5.69 Å². The second-order valence-electron chi connectivity index (χ2n) is 6.79. The summed E-state index contributed by atoms with van der Waals surface area (Å²) in [6, 6.07) is 7.96. The third-order valence-electron chi connectivity index (χ3n) is 5.31. The van der Waals surface area contributed by atoms with Crippen LogP contribution in [-0.4, -0.2) is 25.8 Å². The molecule has 2 unspecified atom stereocenters. The van der Waals surface area contributed by atoms with Gasteiger partial charge in [0.05, 0.1) is 15.9 Å². The maximum Gasteiger partial charge on any atom is 0.356 e. The molecule has 2 aliphatic carbocycles. The lowest BCUT2D eigenvalue weighted by Gasteiger charge is -2.22. The van der Waals surface area contributed by atoms with E-state index in [0.29, 0.717) is 5.92 Å². The average Bonchev–Trinajstić information content (AvgIpc) is 3.24. The lowest BCUT2D eigenvalue weighted by Crippen LogP contribution is -2.20. The van der Waals surface area contributed by atoms with Gasteiger partial charge in [0, 0.05) is 11.0 Å². The molecule has 1 fully saturated rings. The molecule has 0 saturated heterocycles. The summed E-state index contributed by atoms with van der Waals surface area (Å²) in [5.41, 5.74) is 3.20. The zero-order valence-electron chi connectivity index (χ0n) is 12.6. The van der Waals surface area contributed by atoms with Crippen molar-refractivity contribution in [2.45, 2.75) is 37.5 Å². The largest absolute Gasteiger partial charge is 0.476 e. The predicted octanol–water partition coefficient (Wildman–Crippen LogP) is 3.72. The highest BCUT2D eigenvalue weighted by atomic mass is 32.1. The van der Waals surface area contributed by atoms with Crippen molar-refractivity contribution in [2.24, 2.45) is 0 Å². The average molecular weight is 325 g/mol. The van der Waals surface area contributed by atoms with Crippen molar-refractivity contribution in [1.29, 1.82) is 0 Å². The molecule has 0 aliphatic heterocycles. The van der Waals surface area contributed by atoms with Crippen molar-refractivity contribution >= 4 is 27.5 Å². The molecule has 1 saturated carbocycles. The van der Waals surface area contributed by atoms with E-state index in [0.717, 1.165) is 45.9 Å². The Morgan fingerprint density at radius 2 is 2.26 bits per heavy atom. The van der Waals surface area contributed by atoms with Crippen molar-refractivity contribution in [1.82, 2.24) is 14.8 Å². The van der Waals surface area contributed by atoms with Crippen LogP contribution in [0.2, 0.25) is 0 Å². The van der Waals surface area contributed by atoms with E-state index in [1.165, 1.54) is 0 Å². The fraction of sp³-hybridized carbons (Fsp3) is 0.353. The number of hydrogen-bond acceptors (Lipinski definition) is 4. The van der Waals surface area contributed by atoms with Crippen LogP contribution >= 0.6 is 11.3 Å². The molecule has 23 heavy (non-hydrogen) atoms. The Morgan fingerprint density at radius 3 is 3.04 bits per heavy atom. The number of thiazole rings is 1. The van der Waals surface area contributed by atoms with E-state index in [-0.39, 0.29) is 11.1 Å². The first kappa shape index (κ1) is 13.2. The summed E-state index contributed by atoms with van der Waals surface area (Å²) in [7, 11) is 0. The molecule has 0 radical (unpaired) electrons. The zero-order chi connectivity index (χ0) is 15.8. The van der Waals surface area contributed by atoms with Crippen LogP contribution in [0.25, 0.3) is 15.3 Å². The van der Waals surface area contributed by atoms with Crippen molar-refractivity contribution < 1.29 is 9.90 Å². The van der Waals surface area contributed by atoms with Gasteiger partial charge in [-0.05, 0) is 37.3 Å². The molecule has 5 rings (SSSR count). The van der Waals surface area contributed by atoms with E-state index in [1.807, 2.05) is 28.9 Å². The summed E-state index contributed by atoms with van der Waals surface area (Å²) in [4.78, 5) is 16.3. The molecular weight excluding hydrogens is 310 g/mol. The van der Waals surface area contributed by atoms with Crippen LogP contribution in [0.4, 0.5) is 0 Å². The minimum atomic E-state index is -0.933. The lowest BCUT2D eigenvalue weighted by molar-refractivity contribution is 0.0688. The van der Waals surface area contributed by atoms with Gasteiger partial charge in [-0.15, -0.1) is 0 Å². The highest BCUT2D eigenvalue weighted by Gasteiger charge is 2.51. The van der Waals surface area contributed by atoms with Gasteiger partial charge < -0.3 is 5.11 Å². The van der Waals surface area contributed by atoms with Gasteiger partial charge in [0.2, 0.25) is 5.13 Å². The third-order valence-corrected chi connectivity index (χ3v) is 6.32. The van der Waals surface area contributed by atoms with E-state index < -0.39 is 5.97 Å². The van der Waals surface area contributed by atoms with E-state index in [4.69, 9.17) is 0 Å². The summed E-state index contributed by atoms with van der Waals surface area (Å²) < 4.78 is 2.90. The van der Waals surface area contributed by atoms with Gasteiger partial charge in [0.25, 0.3) is 0 Å². The van der Waals surface area contributed by atoms with Crippen LogP contribution in [0.1, 0.15) is 53.8 Å². The molecule has 1 aromatic carbocycles. The summed E-state index contributed by atoms with van der Waals surface area (Å²) in [5, 5.41) is 14.8. The molecule has 1 N–H and O–H groups in total. The quantitative estimate of drug-likeness (QED) is 0.780. The van der Waals surface area contributed by atoms with Gasteiger partial charge in [-0.1, -0.05) is 30.4 Å². The molecule has 2 atom stereocenters. The Bertz CT molecular complexity index is 941. The maximum atomic E-state index is 11.7. The standard InChI is InChI=1S/C17H15N3O2S/c1-17-7-6-9(8-17)12-13(15(21)22)19-20(14(12)17)16-18-10-4-2-3-5-11(10)23-16/h2-5,9H,6-8H2,1H3,(H,21,22). The highest BCUT2D eigenvalue weighted by Crippen LogP contribution is 2.58. The number of carboxylic acid groups (broad SMARTS) is 1. The number of aromatic carboxylic acids is 1. The van der Waals surface area contributed by atoms with Crippen LogP contribution in [-0.2, 0) is 5.41 Å². The molecule has 0 amide bonds. The van der Waals surface area contributed by atoms with Gasteiger partial charge in [-0.3, -0.25) is 0 Å². The molecule has 2 heterocycles. The Kier molecular flexibility index (Phi) is 2.42. The Hall–Kier alpha value is -2.21. The minimum absolute atomic E-state index is 0.0263. The molecule has 2 aliphatic rings. The topological polar surface area (TPSA) is 68.0 Å². The van der Waals surface area contributed by atoms with Crippen LogP contribution in [0, 0.1) is 0 Å². The number of para-hydroxylation sites is 1. The number of nitrogens with zero attached hydrogens (tertiary/aromatic N) is 3. The van der Waals surface area contributed by atoms with Crippen molar-refractivity contribution in [2.75, 3.05) is 0 Å². The molecule has 0 spiro atoms. The maximum absolute atomic E-state index is 11.7. The van der Waals surface area contributed by atoms with Crippen molar-refractivity contribution in [3.8, 4) is 5.13 Å². The second kappa shape index (κ2) is 4.20. The van der Waals surface area contributed by atoms with E-state index in [1.54, 1.807) is 11.3 Å². The summed E-state index contributed by atoms with van der Waals surface area (Å²) >= 11 is 1.56. The van der Waals surface area contributed by atoms with Crippen molar-refractivity contribution in [3.63, 3.8) is 0 Å². The van der Waals surface area contributed by atoms with Gasteiger partial charge in [-0.25, -0.2) is 14.5 Å². The summed E-state index contributed by atoms with van der Waals surface area (Å²) in [6.45, 7) is 2.23. The fourth-order valence-corrected chi connectivity index (χ4v) is 5.27. The number of fused-ring (bicyclic) bond motifs is 6. The van der Waals surface area contributed by atoms with E-state index in [2.05, 4.69) is 17.0 Å². The predicted molar refractivity (Wildman–Crippen MR) is 87.6 cm³/mol. The normalized spacial score (nSPS) is 25.2. The van der Waals surface area contributed by atoms with E-state index >= 15 is 0 Å². The molecule has 2 bridgehead atoms. The SMILES string of the molecule is CC12CCC(C1)c1c(C(=O)O)nn(-c3nc4ccccc4s3)c12. The van der Waals surface area contributed by atoms with Crippen LogP contribution in [0.3, 0.4) is 0 Å². The smallest absolute Gasteiger partial charge is 0.356 e. The Morgan fingerprint density at radius 1 is 1.43 bits per heavy atom. The first-order valence-corrected chi connectivity index (χ1v) is 8.61. The number of hydrogen-bond donors (Lipinski definition) is 1. The molecule has 2 aromatic heterocycles. The van der Waals surface area contributed by atoms with Crippen LogP contribution < -0.4 is 0 Å². The first-order valence-electron chi connectivity index (χ1n) is 7.79. The highest BCUT2D eigenvalue weighted by molar-refractivity contribution is 7.20. The Balaban J connectivity index is 1.80. The molecule has 3 aromatic rings. The molecule has 6 heteroatoms. The van der Waals surface area contributed by atoms with Gasteiger partial charge in [0.1, 0.15) is 0 Å². The first-order chi connectivity index (χ1) is 11.1. The number of carboxylic acids is 1. The number of benzene rings is 1. The van der Waals surface area contributed by atoms with Crippen LogP contribution in [0.15, 0.2) is 24.3 Å². The molecule has 116 valence electrons. The summed E-state index contributed by atoms with van der Waals surface area (Å²) in [6.07, 6.45) is 3.20. The summed E-state index contributed by atoms with van der Waals surface area (Å²) in [5.74, 6) is -0.596.